The molecule has 1 fully saturated rings. The summed E-state index contributed by atoms with van der Waals surface area (Å²) in [7, 11) is 1.82. The van der Waals surface area contributed by atoms with Crippen molar-refractivity contribution in [1.82, 2.24) is 20.1 Å². The summed E-state index contributed by atoms with van der Waals surface area (Å²) in [5.74, 6) is 3.61. The first-order chi connectivity index (χ1) is 12.2. The van der Waals surface area contributed by atoms with Crippen LogP contribution in [0, 0.1) is 0 Å². The van der Waals surface area contributed by atoms with Gasteiger partial charge in [-0.3, -0.25) is 10.1 Å². The SMILES string of the molecule is CCSCc1ccc(C(=O)Nc2nc(C3CCNCC3)nn2C)cc1.Cl. The number of aryl methyl sites for hydroxylation is 1. The Labute approximate surface area is 164 Å². The third-order valence-corrected chi connectivity index (χ3v) is 5.34. The number of thioether (sulfide) groups is 1. The number of hydrogen-bond donors (Lipinski definition) is 2. The number of rotatable bonds is 6. The number of piperidine rings is 1. The zero-order chi connectivity index (χ0) is 17.6. The molecule has 0 aliphatic carbocycles. The molecule has 2 aromatic rings. The van der Waals surface area contributed by atoms with Gasteiger partial charge in [-0.15, -0.1) is 12.4 Å². The molecule has 2 heterocycles. The lowest BCUT2D eigenvalue weighted by Crippen LogP contribution is -2.27. The van der Waals surface area contributed by atoms with Gasteiger partial charge in [-0.2, -0.15) is 21.8 Å². The molecule has 1 aromatic carbocycles. The quantitative estimate of drug-likeness (QED) is 0.785. The Morgan fingerprint density at radius 2 is 2.00 bits per heavy atom. The van der Waals surface area contributed by atoms with E-state index in [4.69, 9.17) is 0 Å². The molecular weight excluding hydrogens is 370 g/mol. The predicted octanol–water partition coefficient (Wildman–Crippen LogP) is 3.21. The van der Waals surface area contributed by atoms with Crippen LogP contribution >= 0.6 is 24.2 Å². The van der Waals surface area contributed by atoms with E-state index in [0.29, 0.717) is 17.4 Å². The van der Waals surface area contributed by atoms with Crippen LogP contribution < -0.4 is 10.6 Å². The molecule has 1 aromatic heterocycles. The van der Waals surface area contributed by atoms with E-state index in [0.717, 1.165) is 43.3 Å². The molecule has 26 heavy (non-hydrogen) atoms. The smallest absolute Gasteiger partial charge is 0.258 e. The number of aromatic nitrogens is 3. The van der Waals surface area contributed by atoms with Crippen LogP contribution in [0.2, 0.25) is 0 Å². The van der Waals surface area contributed by atoms with Crippen molar-refractivity contribution >= 4 is 36.0 Å². The van der Waals surface area contributed by atoms with Crippen LogP contribution in [-0.4, -0.2) is 39.5 Å². The standard InChI is InChI=1S/C18H25N5OS.ClH/c1-3-25-12-13-4-6-15(7-5-13)17(24)21-18-20-16(22-23(18)2)14-8-10-19-11-9-14;/h4-7,14,19H,3,8-12H2,1-2H3,(H,20,21,22,24);1H. The Hall–Kier alpha value is -1.57. The van der Waals surface area contributed by atoms with E-state index in [1.807, 2.05) is 43.1 Å². The molecule has 0 saturated carbocycles. The monoisotopic (exact) mass is 395 g/mol. The fourth-order valence-corrected chi connectivity index (χ4v) is 3.54. The number of anilines is 1. The van der Waals surface area contributed by atoms with Crippen molar-refractivity contribution in [2.24, 2.45) is 7.05 Å². The molecule has 0 radical (unpaired) electrons. The molecule has 8 heteroatoms. The number of carbonyl (C=O) groups excluding carboxylic acids is 1. The zero-order valence-corrected chi connectivity index (χ0v) is 16.8. The summed E-state index contributed by atoms with van der Waals surface area (Å²) in [4.78, 5) is 17.0. The van der Waals surface area contributed by atoms with Gasteiger partial charge in [0.2, 0.25) is 5.95 Å². The van der Waals surface area contributed by atoms with Gasteiger partial charge in [0.15, 0.2) is 5.82 Å². The summed E-state index contributed by atoms with van der Waals surface area (Å²) >= 11 is 1.87. The largest absolute Gasteiger partial charge is 0.317 e. The molecule has 0 unspecified atom stereocenters. The molecule has 1 amide bonds. The first kappa shape index (κ1) is 20.7. The van der Waals surface area contributed by atoms with Crippen LogP contribution in [0.15, 0.2) is 24.3 Å². The average Bonchev–Trinajstić information content (AvgIpc) is 3.01. The van der Waals surface area contributed by atoms with Crippen molar-refractivity contribution in [2.45, 2.75) is 31.4 Å². The number of amides is 1. The van der Waals surface area contributed by atoms with E-state index in [-0.39, 0.29) is 18.3 Å². The van der Waals surface area contributed by atoms with E-state index in [1.54, 1.807) is 4.68 Å². The number of benzene rings is 1. The summed E-state index contributed by atoms with van der Waals surface area (Å²) in [5.41, 5.74) is 1.87. The molecule has 0 bridgehead atoms. The number of nitrogens with one attached hydrogen (secondary N) is 2. The highest BCUT2D eigenvalue weighted by atomic mass is 35.5. The summed E-state index contributed by atoms with van der Waals surface area (Å²) in [6.45, 7) is 4.13. The van der Waals surface area contributed by atoms with Gasteiger partial charge in [-0.05, 0) is 49.4 Å². The normalized spacial score (nSPS) is 14.7. The van der Waals surface area contributed by atoms with Crippen LogP contribution in [-0.2, 0) is 12.8 Å². The average molecular weight is 396 g/mol. The summed E-state index contributed by atoms with van der Waals surface area (Å²) in [6, 6.07) is 7.75. The molecule has 2 N–H and O–H groups in total. The highest BCUT2D eigenvalue weighted by Crippen LogP contribution is 2.23. The number of carbonyl (C=O) groups is 1. The third-order valence-electron chi connectivity index (χ3n) is 4.40. The maximum absolute atomic E-state index is 12.5. The number of hydrogen-bond acceptors (Lipinski definition) is 5. The predicted molar refractivity (Wildman–Crippen MR) is 109 cm³/mol. The molecule has 142 valence electrons. The summed E-state index contributed by atoms with van der Waals surface area (Å²) in [5, 5.41) is 10.7. The third kappa shape index (κ3) is 5.22. The van der Waals surface area contributed by atoms with Crippen molar-refractivity contribution in [3.05, 3.63) is 41.2 Å². The lowest BCUT2D eigenvalue weighted by Gasteiger charge is -2.19. The summed E-state index contributed by atoms with van der Waals surface area (Å²) in [6.07, 6.45) is 2.07. The van der Waals surface area contributed by atoms with Gasteiger partial charge >= 0.3 is 0 Å². The van der Waals surface area contributed by atoms with Crippen molar-refractivity contribution in [2.75, 3.05) is 24.2 Å². The maximum atomic E-state index is 12.5. The number of nitrogens with zero attached hydrogens (tertiary/aromatic N) is 3. The van der Waals surface area contributed by atoms with Crippen LogP contribution in [0.1, 0.15) is 47.4 Å². The Morgan fingerprint density at radius 1 is 1.31 bits per heavy atom. The van der Waals surface area contributed by atoms with E-state index in [1.165, 1.54) is 5.56 Å². The van der Waals surface area contributed by atoms with Crippen LogP contribution in [0.3, 0.4) is 0 Å². The Morgan fingerprint density at radius 3 is 2.65 bits per heavy atom. The van der Waals surface area contributed by atoms with E-state index in [2.05, 4.69) is 27.6 Å². The highest BCUT2D eigenvalue weighted by Gasteiger charge is 2.21. The van der Waals surface area contributed by atoms with Gasteiger partial charge in [0, 0.05) is 24.3 Å². The molecule has 1 aliphatic heterocycles. The van der Waals surface area contributed by atoms with Crippen LogP contribution in [0.25, 0.3) is 0 Å². The van der Waals surface area contributed by atoms with Crippen molar-refractivity contribution in [3.8, 4) is 0 Å². The molecule has 6 nitrogen and oxygen atoms in total. The topological polar surface area (TPSA) is 71.8 Å². The van der Waals surface area contributed by atoms with Gasteiger partial charge < -0.3 is 5.32 Å². The van der Waals surface area contributed by atoms with Crippen molar-refractivity contribution < 1.29 is 4.79 Å². The van der Waals surface area contributed by atoms with Gasteiger partial charge in [0.1, 0.15) is 0 Å². The van der Waals surface area contributed by atoms with E-state index < -0.39 is 0 Å². The second-order valence-corrected chi connectivity index (χ2v) is 7.50. The zero-order valence-electron chi connectivity index (χ0n) is 15.2. The fraction of sp³-hybridized carbons (Fsp3) is 0.500. The van der Waals surface area contributed by atoms with Crippen LogP contribution in [0.4, 0.5) is 5.95 Å². The maximum Gasteiger partial charge on any atom is 0.258 e. The van der Waals surface area contributed by atoms with Crippen LogP contribution in [0.5, 0.6) is 0 Å². The molecule has 1 aliphatic rings. The summed E-state index contributed by atoms with van der Waals surface area (Å²) < 4.78 is 1.65. The first-order valence-electron chi connectivity index (χ1n) is 8.77. The minimum Gasteiger partial charge on any atom is -0.317 e. The molecule has 1 saturated heterocycles. The second-order valence-electron chi connectivity index (χ2n) is 6.23. The molecule has 0 spiro atoms. The highest BCUT2D eigenvalue weighted by molar-refractivity contribution is 7.98. The second kappa shape index (κ2) is 9.94. The van der Waals surface area contributed by atoms with Gasteiger partial charge in [-0.1, -0.05) is 19.1 Å². The molecule has 3 rings (SSSR count). The van der Waals surface area contributed by atoms with E-state index in [9.17, 15) is 4.79 Å². The minimum absolute atomic E-state index is 0. The van der Waals surface area contributed by atoms with Gasteiger partial charge in [0.25, 0.3) is 5.91 Å². The minimum atomic E-state index is -0.151. The Bertz CT molecular complexity index is 713. The number of halogens is 1. The first-order valence-corrected chi connectivity index (χ1v) is 9.92. The van der Waals surface area contributed by atoms with Gasteiger partial charge in [0.05, 0.1) is 0 Å². The lowest BCUT2D eigenvalue weighted by atomic mass is 9.98. The molecular formula is C18H26ClN5OS. The lowest BCUT2D eigenvalue weighted by molar-refractivity contribution is 0.102. The van der Waals surface area contributed by atoms with Crippen molar-refractivity contribution in [1.29, 1.82) is 0 Å². The Kier molecular flexibility index (Phi) is 7.93. The molecule has 0 atom stereocenters. The van der Waals surface area contributed by atoms with E-state index >= 15 is 0 Å². The fourth-order valence-electron chi connectivity index (χ4n) is 2.91. The Balaban J connectivity index is 0.00000243. The van der Waals surface area contributed by atoms with Crippen molar-refractivity contribution in [3.63, 3.8) is 0 Å². The van der Waals surface area contributed by atoms with Gasteiger partial charge in [-0.25, -0.2) is 4.68 Å².